The molecular weight excluding hydrogens is 314 g/mol. The van der Waals surface area contributed by atoms with E-state index in [9.17, 15) is 9.59 Å². The SMILES string of the molecule is CC1(C)NC(=O)N(CCN2CCCC2c2cccc(Cl)c2)C1=O. The largest absolute Gasteiger partial charge is 0.325 e. The molecule has 0 saturated carbocycles. The molecule has 1 aromatic rings. The van der Waals surface area contributed by atoms with Gasteiger partial charge in [-0.15, -0.1) is 0 Å². The van der Waals surface area contributed by atoms with E-state index in [0.717, 1.165) is 24.4 Å². The molecule has 1 atom stereocenters. The van der Waals surface area contributed by atoms with Gasteiger partial charge in [-0.3, -0.25) is 14.6 Å². The Kier molecular flexibility index (Phi) is 4.34. The fraction of sp³-hybridized carbons (Fsp3) is 0.529. The Morgan fingerprint density at radius 2 is 2.09 bits per heavy atom. The van der Waals surface area contributed by atoms with Crippen molar-refractivity contribution in [1.29, 1.82) is 0 Å². The summed E-state index contributed by atoms with van der Waals surface area (Å²) < 4.78 is 0. The van der Waals surface area contributed by atoms with E-state index in [1.807, 2.05) is 18.2 Å². The number of benzene rings is 1. The van der Waals surface area contributed by atoms with Crippen molar-refractivity contribution in [2.45, 2.75) is 38.3 Å². The summed E-state index contributed by atoms with van der Waals surface area (Å²) in [5.74, 6) is -0.152. The van der Waals surface area contributed by atoms with Crippen LogP contribution in [0.2, 0.25) is 5.02 Å². The van der Waals surface area contributed by atoms with Gasteiger partial charge in [0.05, 0.1) is 0 Å². The van der Waals surface area contributed by atoms with Crippen LogP contribution in [-0.4, -0.2) is 46.9 Å². The number of carbonyl (C=O) groups is 2. The number of urea groups is 1. The number of likely N-dealkylation sites (tertiary alicyclic amines) is 1. The number of hydrogen-bond donors (Lipinski definition) is 1. The van der Waals surface area contributed by atoms with Gasteiger partial charge >= 0.3 is 6.03 Å². The third-order valence-electron chi connectivity index (χ3n) is 4.65. The van der Waals surface area contributed by atoms with Gasteiger partial charge in [0, 0.05) is 24.2 Å². The number of nitrogens with zero attached hydrogens (tertiary/aromatic N) is 2. The van der Waals surface area contributed by atoms with Crippen molar-refractivity contribution >= 4 is 23.5 Å². The number of halogens is 1. The zero-order valence-corrected chi connectivity index (χ0v) is 14.3. The van der Waals surface area contributed by atoms with Crippen LogP contribution in [0.1, 0.15) is 38.3 Å². The molecule has 2 aliphatic rings. The standard InChI is InChI=1S/C17H22ClN3O2/c1-17(2)15(22)21(16(23)19-17)10-9-20-8-4-7-14(20)12-5-3-6-13(18)11-12/h3,5-6,11,14H,4,7-10H2,1-2H3,(H,19,23). The third kappa shape index (κ3) is 3.21. The normalized spacial score (nSPS) is 24.3. The lowest BCUT2D eigenvalue weighted by Crippen LogP contribution is -2.41. The number of carbonyl (C=O) groups excluding carboxylic acids is 2. The van der Waals surface area contributed by atoms with Gasteiger partial charge in [0.15, 0.2) is 0 Å². The van der Waals surface area contributed by atoms with Gasteiger partial charge in [-0.1, -0.05) is 23.7 Å². The molecule has 0 bridgehead atoms. The zero-order valence-electron chi connectivity index (χ0n) is 13.5. The van der Waals surface area contributed by atoms with Gasteiger partial charge in [0.2, 0.25) is 0 Å². The minimum atomic E-state index is -0.797. The molecule has 5 nitrogen and oxygen atoms in total. The maximum Gasteiger partial charge on any atom is 0.325 e. The second-order valence-electron chi connectivity index (χ2n) is 6.76. The van der Waals surface area contributed by atoms with Gasteiger partial charge < -0.3 is 5.32 Å². The number of hydrogen-bond acceptors (Lipinski definition) is 3. The highest BCUT2D eigenvalue weighted by atomic mass is 35.5. The Morgan fingerprint density at radius 1 is 1.30 bits per heavy atom. The molecule has 1 aromatic carbocycles. The van der Waals surface area contributed by atoms with Crippen molar-refractivity contribution in [3.05, 3.63) is 34.9 Å². The van der Waals surface area contributed by atoms with Crippen molar-refractivity contribution < 1.29 is 9.59 Å². The fourth-order valence-electron chi connectivity index (χ4n) is 3.43. The smallest absolute Gasteiger partial charge is 0.324 e. The fourth-order valence-corrected chi connectivity index (χ4v) is 3.63. The molecule has 0 radical (unpaired) electrons. The minimum Gasteiger partial charge on any atom is -0.324 e. The number of amides is 3. The van der Waals surface area contributed by atoms with Gasteiger partial charge in [0.25, 0.3) is 5.91 Å². The van der Waals surface area contributed by atoms with E-state index in [4.69, 9.17) is 11.6 Å². The molecule has 2 saturated heterocycles. The van der Waals surface area contributed by atoms with E-state index in [0.29, 0.717) is 19.1 Å². The first-order chi connectivity index (χ1) is 10.9. The third-order valence-corrected chi connectivity index (χ3v) is 4.89. The van der Waals surface area contributed by atoms with Crippen LogP contribution in [0.4, 0.5) is 4.79 Å². The monoisotopic (exact) mass is 335 g/mol. The molecule has 124 valence electrons. The quantitative estimate of drug-likeness (QED) is 0.861. The molecule has 3 rings (SSSR count). The van der Waals surface area contributed by atoms with E-state index >= 15 is 0 Å². The van der Waals surface area contributed by atoms with Crippen molar-refractivity contribution in [2.75, 3.05) is 19.6 Å². The van der Waals surface area contributed by atoms with Crippen LogP contribution < -0.4 is 5.32 Å². The Balaban J connectivity index is 1.66. The number of imide groups is 1. The molecule has 0 aromatic heterocycles. The highest BCUT2D eigenvalue weighted by molar-refractivity contribution is 6.30. The Hall–Kier alpha value is -1.59. The van der Waals surface area contributed by atoms with Crippen LogP contribution in [0.15, 0.2) is 24.3 Å². The van der Waals surface area contributed by atoms with Gasteiger partial charge in [-0.2, -0.15) is 0 Å². The van der Waals surface area contributed by atoms with E-state index in [1.165, 1.54) is 10.5 Å². The van der Waals surface area contributed by atoms with Crippen molar-refractivity contribution in [2.24, 2.45) is 0 Å². The first-order valence-electron chi connectivity index (χ1n) is 8.02. The zero-order chi connectivity index (χ0) is 16.6. The molecule has 2 aliphatic heterocycles. The highest BCUT2D eigenvalue weighted by Crippen LogP contribution is 2.32. The number of rotatable bonds is 4. The van der Waals surface area contributed by atoms with Crippen LogP contribution >= 0.6 is 11.6 Å². The average molecular weight is 336 g/mol. The van der Waals surface area contributed by atoms with Crippen LogP contribution in [0.25, 0.3) is 0 Å². The molecule has 2 fully saturated rings. The summed E-state index contributed by atoms with van der Waals surface area (Å²) in [5, 5.41) is 3.46. The number of nitrogens with one attached hydrogen (secondary N) is 1. The van der Waals surface area contributed by atoms with Crippen LogP contribution in [0.3, 0.4) is 0 Å². The Morgan fingerprint density at radius 3 is 2.74 bits per heavy atom. The second-order valence-corrected chi connectivity index (χ2v) is 7.20. The lowest BCUT2D eigenvalue weighted by atomic mass is 10.0. The van der Waals surface area contributed by atoms with E-state index in [1.54, 1.807) is 13.8 Å². The first kappa shape index (κ1) is 16.3. The molecule has 2 heterocycles. The topological polar surface area (TPSA) is 52.7 Å². The summed E-state index contributed by atoms with van der Waals surface area (Å²) >= 11 is 6.10. The lowest BCUT2D eigenvalue weighted by Gasteiger charge is -2.26. The molecule has 0 spiro atoms. The predicted molar refractivity (Wildman–Crippen MR) is 89.3 cm³/mol. The summed E-state index contributed by atoms with van der Waals surface area (Å²) in [6, 6.07) is 7.95. The van der Waals surface area contributed by atoms with E-state index in [2.05, 4.69) is 16.3 Å². The summed E-state index contributed by atoms with van der Waals surface area (Å²) in [6.45, 7) is 5.55. The van der Waals surface area contributed by atoms with Gasteiger partial charge in [0.1, 0.15) is 5.54 Å². The summed E-state index contributed by atoms with van der Waals surface area (Å²) in [6.07, 6.45) is 2.19. The Bertz CT molecular complexity index is 632. The molecule has 6 heteroatoms. The summed E-state index contributed by atoms with van der Waals surface area (Å²) in [5.41, 5.74) is 0.404. The predicted octanol–water partition coefficient (Wildman–Crippen LogP) is 2.81. The molecule has 1 N–H and O–H groups in total. The van der Waals surface area contributed by atoms with Gasteiger partial charge in [-0.05, 0) is 50.9 Å². The minimum absolute atomic E-state index is 0.152. The second kappa shape index (κ2) is 6.13. The van der Waals surface area contributed by atoms with Crippen LogP contribution in [0, 0.1) is 0 Å². The first-order valence-corrected chi connectivity index (χ1v) is 8.40. The van der Waals surface area contributed by atoms with Crippen molar-refractivity contribution in [1.82, 2.24) is 15.1 Å². The van der Waals surface area contributed by atoms with Gasteiger partial charge in [-0.25, -0.2) is 4.79 Å². The molecule has 23 heavy (non-hydrogen) atoms. The molecule has 3 amide bonds. The molecular formula is C17H22ClN3O2. The van der Waals surface area contributed by atoms with E-state index < -0.39 is 5.54 Å². The molecule has 1 unspecified atom stereocenters. The highest BCUT2D eigenvalue weighted by Gasteiger charge is 2.44. The molecule has 0 aliphatic carbocycles. The van der Waals surface area contributed by atoms with Crippen molar-refractivity contribution in [3.63, 3.8) is 0 Å². The van der Waals surface area contributed by atoms with E-state index in [-0.39, 0.29) is 11.9 Å². The average Bonchev–Trinajstić information content (AvgIpc) is 3.01. The summed E-state index contributed by atoms with van der Waals surface area (Å²) in [4.78, 5) is 27.9. The maximum atomic E-state index is 12.2. The maximum absolute atomic E-state index is 12.2. The van der Waals surface area contributed by atoms with Crippen LogP contribution in [-0.2, 0) is 4.79 Å². The van der Waals surface area contributed by atoms with Crippen molar-refractivity contribution in [3.8, 4) is 0 Å². The van der Waals surface area contributed by atoms with Crippen LogP contribution in [0.5, 0.6) is 0 Å². The summed E-state index contributed by atoms with van der Waals surface area (Å²) in [7, 11) is 0. The lowest BCUT2D eigenvalue weighted by molar-refractivity contribution is -0.130. The Labute approximate surface area is 141 Å².